The summed E-state index contributed by atoms with van der Waals surface area (Å²) in [6.07, 6.45) is 3.28. The second kappa shape index (κ2) is 11.0. The Labute approximate surface area is 229 Å². The van der Waals surface area contributed by atoms with Crippen LogP contribution in [0.3, 0.4) is 0 Å². The normalized spacial score (nSPS) is 10.7. The molecule has 5 nitrogen and oxygen atoms in total. The lowest BCUT2D eigenvalue weighted by atomic mass is 10.0. The summed E-state index contributed by atoms with van der Waals surface area (Å²) in [5.41, 5.74) is 4.17. The van der Waals surface area contributed by atoms with Crippen LogP contribution in [-0.2, 0) is 0 Å². The molecule has 0 spiro atoms. The average molecular weight is 541 g/mol. The zero-order valence-electron chi connectivity index (χ0n) is 20.3. The Kier molecular flexibility index (Phi) is 7.31. The van der Waals surface area contributed by atoms with Gasteiger partial charge in [-0.2, -0.15) is 0 Å². The summed E-state index contributed by atoms with van der Waals surface area (Å²) in [5.74, 6) is 1.06. The van der Waals surface area contributed by atoms with Crippen LogP contribution >= 0.6 is 23.2 Å². The number of rotatable bonds is 3. The molecule has 0 fully saturated rings. The lowest BCUT2D eigenvalue weighted by molar-refractivity contribution is 0.415. The van der Waals surface area contributed by atoms with Crippen LogP contribution in [0.15, 0.2) is 103 Å². The van der Waals surface area contributed by atoms with Crippen molar-refractivity contribution in [2.45, 2.75) is 0 Å². The zero-order chi connectivity index (χ0) is 26.6. The number of pyridine rings is 2. The van der Waals surface area contributed by atoms with Gasteiger partial charge in [-0.1, -0.05) is 65.7 Å². The summed E-state index contributed by atoms with van der Waals surface area (Å²) < 4.78 is 5.13. The summed E-state index contributed by atoms with van der Waals surface area (Å²) in [4.78, 5) is 8.40. The molecule has 7 heteroatoms. The number of benzene rings is 4. The Morgan fingerprint density at radius 2 is 1.08 bits per heavy atom. The standard InChI is InChI=1S/C16H12ClNO2.C15H10ClNO/c1-20-11-6-4-10(5-7-11)13-9-14(17)12-3-2-8-18-15(12)16(13)19;16-13-9-12(10-5-2-1-3-6-10)15(18)14-11(13)7-4-8-17-14/h2-9,19H,1H3;1-9,18H. The van der Waals surface area contributed by atoms with E-state index >= 15 is 0 Å². The van der Waals surface area contributed by atoms with E-state index in [0.29, 0.717) is 32.2 Å². The highest BCUT2D eigenvalue weighted by atomic mass is 35.5. The number of halogens is 2. The van der Waals surface area contributed by atoms with E-state index in [0.717, 1.165) is 27.6 Å². The highest BCUT2D eigenvalue weighted by Gasteiger charge is 2.14. The predicted octanol–water partition coefficient (Wildman–Crippen LogP) is 8.53. The van der Waals surface area contributed by atoms with Crippen molar-refractivity contribution < 1.29 is 14.9 Å². The van der Waals surface area contributed by atoms with Crippen molar-refractivity contribution in [3.05, 3.63) is 113 Å². The van der Waals surface area contributed by atoms with Crippen LogP contribution in [0.5, 0.6) is 17.2 Å². The number of fused-ring (bicyclic) bond motifs is 2. The van der Waals surface area contributed by atoms with Crippen molar-refractivity contribution in [3.8, 4) is 39.5 Å². The van der Waals surface area contributed by atoms with Crippen molar-refractivity contribution in [2.75, 3.05) is 7.11 Å². The molecule has 188 valence electrons. The molecule has 0 saturated heterocycles. The van der Waals surface area contributed by atoms with E-state index in [9.17, 15) is 10.2 Å². The Morgan fingerprint density at radius 1 is 0.605 bits per heavy atom. The van der Waals surface area contributed by atoms with Crippen molar-refractivity contribution in [1.82, 2.24) is 9.97 Å². The number of nitrogens with zero attached hydrogens (tertiary/aromatic N) is 2. The van der Waals surface area contributed by atoms with E-state index in [2.05, 4.69) is 9.97 Å². The fourth-order valence-corrected chi connectivity index (χ4v) is 4.73. The number of phenolic OH excluding ortho intramolecular Hbond substituents is 2. The van der Waals surface area contributed by atoms with Crippen LogP contribution in [0.2, 0.25) is 10.0 Å². The fraction of sp³-hybridized carbons (Fsp3) is 0.0323. The molecule has 0 unspecified atom stereocenters. The number of methoxy groups -OCH3 is 1. The maximum Gasteiger partial charge on any atom is 0.149 e. The minimum Gasteiger partial charge on any atom is -0.505 e. The second-order valence-electron chi connectivity index (χ2n) is 8.40. The molecular formula is C31H22Cl2N2O3. The van der Waals surface area contributed by atoms with Gasteiger partial charge >= 0.3 is 0 Å². The summed E-state index contributed by atoms with van der Waals surface area (Å²) in [7, 11) is 1.61. The molecular weight excluding hydrogens is 519 g/mol. The summed E-state index contributed by atoms with van der Waals surface area (Å²) in [5, 5.41) is 23.4. The molecule has 0 bridgehead atoms. The maximum absolute atomic E-state index is 10.4. The Bertz CT molecular complexity index is 1740. The molecule has 0 atom stereocenters. The third kappa shape index (κ3) is 4.94. The molecule has 0 aliphatic heterocycles. The number of ether oxygens (including phenoxy) is 1. The molecule has 6 rings (SSSR count). The highest BCUT2D eigenvalue weighted by molar-refractivity contribution is 6.36. The van der Waals surface area contributed by atoms with Crippen LogP contribution in [0.4, 0.5) is 0 Å². The largest absolute Gasteiger partial charge is 0.505 e. The molecule has 0 amide bonds. The first-order valence-electron chi connectivity index (χ1n) is 11.7. The molecule has 2 heterocycles. The number of phenols is 2. The minimum absolute atomic E-state index is 0.134. The second-order valence-corrected chi connectivity index (χ2v) is 9.22. The molecule has 2 N–H and O–H groups in total. The topological polar surface area (TPSA) is 75.5 Å². The Morgan fingerprint density at radius 3 is 1.55 bits per heavy atom. The van der Waals surface area contributed by atoms with E-state index in [1.54, 1.807) is 43.8 Å². The van der Waals surface area contributed by atoms with E-state index in [1.165, 1.54) is 0 Å². The predicted molar refractivity (Wildman–Crippen MR) is 154 cm³/mol. The number of hydrogen-bond donors (Lipinski definition) is 2. The van der Waals surface area contributed by atoms with E-state index in [-0.39, 0.29) is 11.5 Å². The van der Waals surface area contributed by atoms with Gasteiger partial charge in [-0.05, 0) is 59.7 Å². The summed E-state index contributed by atoms with van der Waals surface area (Å²) >= 11 is 12.5. The molecule has 4 aromatic carbocycles. The van der Waals surface area contributed by atoms with Gasteiger partial charge in [0.05, 0.1) is 17.2 Å². The van der Waals surface area contributed by atoms with E-state index < -0.39 is 0 Å². The molecule has 2 aromatic heterocycles. The minimum atomic E-state index is 0.134. The van der Waals surface area contributed by atoms with Crippen molar-refractivity contribution in [2.24, 2.45) is 0 Å². The molecule has 0 saturated carbocycles. The lowest BCUT2D eigenvalue weighted by Crippen LogP contribution is -1.86. The van der Waals surface area contributed by atoms with Gasteiger partial charge in [0.2, 0.25) is 0 Å². The molecule has 38 heavy (non-hydrogen) atoms. The van der Waals surface area contributed by atoms with Crippen LogP contribution in [0.1, 0.15) is 0 Å². The Balaban J connectivity index is 0.000000156. The van der Waals surface area contributed by atoms with Gasteiger partial charge in [0.1, 0.15) is 28.3 Å². The van der Waals surface area contributed by atoms with Crippen LogP contribution < -0.4 is 4.74 Å². The van der Waals surface area contributed by atoms with Gasteiger partial charge < -0.3 is 14.9 Å². The van der Waals surface area contributed by atoms with Crippen molar-refractivity contribution >= 4 is 45.0 Å². The molecule has 0 aliphatic carbocycles. The van der Waals surface area contributed by atoms with Crippen molar-refractivity contribution in [3.63, 3.8) is 0 Å². The van der Waals surface area contributed by atoms with Gasteiger partial charge in [-0.15, -0.1) is 0 Å². The number of aromatic hydroxyl groups is 2. The third-order valence-corrected chi connectivity index (χ3v) is 6.74. The summed E-state index contributed by atoms with van der Waals surface area (Å²) in [6, 6.07) is 27.9. The average Bonchev–Trinajstić information content (AvgIpc) is 2.98. The van der Waals surface area contributed by atoms with E-state index in [1.807, 2.05) is 66.7 Å². The fourth-order valence-electron chi connectivity index (χ4n) is 4.20. The van der Waals surface area contributed by atoms with Gasteiger partial charge in [0, 0.05) is 34.3 Å². The van der Waals surface area contributed by atoms with Gasteiger partial charge in [-0.3, -0.25) is 9.97 Å². The number of aromatic nitrogens is 2. The maximum atomic E-state index is 10.4. The highest BCUT2D eigenvalue weighted by Crippen LogP contribution is 2.40. The van der Waals surface area contributed by atoms with Crippen LogP contribution in [-0.4, -0.2) is 27.3 Å². The molecule has 0 aliphatic rings. The Hall–Kier alpha value is -4.32. The first-order chi connectivity index (χ1) is 18.5. The number of hydrogen-bond acceptors (Lipinski definition) is 5. The monoisotopic (exact) mass is 540 g/mol. The first-order valence-corrected chi connectivity index (χ1v) is 12.5. The first kappa shape index (κ1) is 25.3. The SMILES string of the molecule is COc1ccc(-c2cc(Cl)c3cccnc3c2O)cc1.Oc1c(-c2ccccc2)cc(Cl)c2cccnc12. The molecule has 6 aromatic rings. The zero-order valence-corrected chi connectivity index (χ0v) is 21.8. The third-order valence-electron chi connectivity index (χ3n) is 6.12. The summed E-state index contributed by atoms with van der Waals surface area (Å²) in [6.45, 7) is 0. The van der Waals surface area contributed by atoms with Gasteiger partial charge in [-0.25, -0.2) is 0 Å². The van der Waals surface area contributed by atoms with Crippen LogP contribution in [0, 0.1) is 0 Å². The molecule has 0 radical (unpaired) electrons. The van der Waals surface area contributed by atoms with Gasteiger partial charge in [0.25, 0.3) is 0 Å². The smallest absolute Gasteiger partial charge is 0.149 e. The quantitative estimate of drug-likeness (QED) is 0.235. The van der Waals surface area contributed by atoms with Gasteiger partial charge in [0.15, 0.2) is 0 Å². The van der Waals surface area contributed by atoms with Crippen molar-refractivity contribution in [1.29, 1.82) is 0 Å². The van der Waals surface area contributed by atoms with Crippen LogP contribution in [0.25, 0.3) is 44.1 Å². The lowest BCUT2D eigenvalue weighted by Gasteiger charge is -2.10. The van der Waals surface area contributed by atoms with E-state index in [4.69, 9.17) is 27.9 Å².